The van der Waals surface area contributed by atoms with Crippen LogP contribution in [-0.4, -0.2) is 38.0 Å². The fourth-order valence-corrected chi connectivity index (χ4v) is 5.59. The van der Waals surface area contributed by atoms with Crippen LogP contribution in [0.2, 0.25) is 0 Å². The van der Waals surface area contributed by atoms with E-state index in [9.17, 15) is 0 Å². The maximum Gasteiger partial charge on any atom is 1.00 e. The quantitative estimate of drug-likeness (QED) is 0.0677. The number of hydrogen-bond acceptors (Lipinski definition) is 7. The SMILES string of the molecule is C/C=C(/C=C/c1ccc(NCC)cc1)\C=C(/C)c1cc(/C=C/c2ccc(NCC)cc2)ccn1.[CH2-]CCC.[Ru+].c1ccc(-c2ccccn2)nc1.c1ccc(-c2ccccn2)nc1. The van der Waals surface area contributed by atoms with Gasteiger partial charge in [-0.1, -0.05) is 98.3 Å². The number of benzene rings is 2. The summed E-state index contributed by atoms with van der Waals surface area (Å²) in [5, 5.41) is 6.65. The van der Waals surface area contributed by atoms with Gasteiger partial charge >= 0.3 is 19.5 Å². The summed E-state index contributed by atoms with van der Waals surface area (Å²) in [5.74, 6) is 0. The number of hydrogen-bond donors (Lipinski definition) is 2. The molecule has 0 saturated carbocycles. The Bertz CT molecular complexity index is 2230. The first-order valence-corrected chi connectivity index (χ1v) is 21.2. The molecule has 0 aliphatic rings. The molecular weight excluding hydrogens is 860 g/mol. The van der Waals surface area contributed by atoms with Crippen LogP contribution in [0.25, 0.3) is 46.6 Å². The summed E-state index contributed by atoms with van der Waals surface area (Å²) in [6.45, 7) is 16.0. The van der Waals surface area contributed by atoms with Crippen molar-refractivity contribution < 1.29 is 19.5 Å². The topological polar surface area (TPSA) is 88.5 Å². The Morgan fingerprint density at radius 2 is 0.937 bits per heavy atom. The van der Waals surface area contributed by atoms with Gasteiger partial charge in [0.2, 0.25) is 0 Å². The number of allylic oxidation sites excluding steroid dienone is 5. The Morgan fingerprint density at radius 1 is 0.524 bits per heavy atom. The van der Waals surface area contributed by atoms with Crippen LogP contribution in [0.15, 0.2) is 188 Å². The van der Waals surface area contributed by atoms with Crippen molar-refractivity contribution in [3.63, 3.8) is 0 Å². The molecule has 0 spiro atoms. The second-order valence-corrected chi connectivity index (χ2v) is 13.8. The second-order valence-electron chi connectivity index (χ2n) is 13.8. The summed E-state index contributed by atoms with van der Waals surface area (Å²) in [4.78, 5) is 21.3. The number of rotatable bonds is 13. The van der Waals surface area contributed by atoms with E-state index in [2.05, 4.69) is 168 Å². The second kappa shape index (κ2) is 30.4. The fraction of sp³-hybridized carbons (Fsp3) is 0.164. The molecular formula is C55H60N7Ru. The fourth-order valence-electron chi connectivity index (χ4n) is 5.59. The van der Waals surface area contributed by atoms with Crippen molar-refractivity contribution in [1.82, 2.24) is 24.9 Å². The molecule has 5 heterocycles. The molecule has 7 aromatic rings. The maximum absolute atomic E-state index is 4.59. The van der Waals surface area contributed by atoms with Gasteiger partial charge < -0.3 is 17.6 Å². The van der Waals surface area contributed by atoms with E-state index in [1.165, 1.54) is 17.5 Å². The van der Waals surface area contributed by atoms with Gasteiger partial charge in [0.1, 0.15) is 0 Å². The van der Waals surface area contributed by atoms with E-state index in [1.807, 2.05) is 85.1 Å². The minimum absolute atomic E-state index is 0. The average Bonchev–Trinajstić information content (AvgIpc) is 3.35. The third-order valence-electron chi connectivity index (χ3n) is 8.96. The molecule has 0 atom stereocenters. The molecule has 0 saturated heterocycles. The van der Waals surface area contributed by atoms with E-state index < -0.39 is 0 Å². The van der Waals surface area contributed by atoms with Gasteiger partial charge in [0.25, 0.3) is 0 Å². The van der Waals surface area contributed by atoms with Gasteiger partial charge in [-0.2, -0.15) is 6.42 Å². The molecule has 323 valence electrons. The van der Waals surface area contributed by atoms with Crippen molar-refractivity contribution in [3.05, 3.63) is 218 Å². The Balaban J connectivity index is 0.000000293. The van der Waals surface area contributed by atoms with Gasteiger partial charge in [0, 0.05) is 55.4 Å². The molecule has 7 nitrogen and oxygen atoms in total. The molecule has 0 aliphatic carbocycles. The summed E-state index contributed by atoms with van der Waals surface area (Å²) >= 11 is 0. The van der Waals surface area contributed by atoms with Crippen molar-refractivity contribution in [2.45, 2.75) is 47.5 Å². The molecule has 0 amide bonds. The Kier molecular flexibility index (Phi) is 24.5. The van der Waals surface area contributed by atoms with Crippen LogP contribution in [0, 0.1) is 6.92 Å². The van der Waals surface area contributed by atoms with Gasteiger partial charge in [-0.25, -0.2) is 0 Å². The van der Waals surface area contributed by atoms with Crippen LogP contribution in [-0.2, 0) is 19.5 Å². The van der Waals surface area contributed by atoms with Crippen LogP contribution >= 0.6 is 0 Å². The molecule has 63 heavy (non-hydrogen) atoms. The third-order valence-corrected chi connectivity index (χ3v) is 8.96. The zero-order valence-corrected chi connectivity index (χ0v) is 38.9. The standard InChI is InChI=1S/C31H35N3.2C10H8N2.C4H9.Ru/c1-5-25(8-9-26-12-16-29(17-13-26)32-6-2)22-24(4)31-23-28(20-21-34-31)11-10-27-14-18-30(19-15-27)33-7-3;2*1-3-7-11-9(5-1)10-6-2-4-8-12-10;1-3-4-2;/h5,8-23,32-33H,6-7H2,1-4H3;2*1-8H;1,3-4H2,2H3;/q;;;-1;+1/b9-8+,11-10+,24-22+,25-5-;;;;. The van der Waals surface area contributed by atoms with Crippen LogP contribution < -0.4 is 10.6 Å². The molecule has 5 aromatic heterocycles. The van der Waals surface area contributed by atoms with Gasteiger partial charge in [-0.3, -0.25) is 24.9 Å². The van der Waals surface area contributed by atoms with Crippen LogP contribution in [0.4, 0.5) is 11.4 Å². The first-order valence-electron chi connectivity index (χ1n) is 21.2. The van der Waals surface area contributed by atoms with E-state index in [1.54, 1.807) is 24.8 Å². The summed E-state index contributed by atoms with van der Waals surface area (Å²) in [6, 6.07) is 44.3. The predicted molar refractivity (Wildman–Crippen MR) is 266 cm³/mol. The number of nitrogens with zero attached hydrogens (tertiary/aromatic N) is 5. The summed E-state index contributed by atoms with van der Waals surface area (Å²) < 4.78 is 0. The zero-order valence-electron chi connectivity index (χ0n) is 37.2. The van der Waals surface area contributed by atoms with Gasteiger partial charge in [0.05, 0.1) is 28.5 Å². The predicted octanol–water partition coefficient (Wildman–Crippen LogP) is 14.1. The number of aromatic nitrogens is 5. The smallest absolute Gasteiger partial charge is 0.385 e. The summed E-state index contributed by atoms with van der Waals surface area (Å²) in [7, 11) is 0. The molecule has 0 aliphatic heterocycles. The van der Waals surface area contributed by atoms with Gasteiger partial charge in [-0.05, 0) is 140 Å². The molecule has 2 N–H and O–H groups in total. The maximum atomic E-state index is 4.59. The Hall–Kier alpha value is -6.63. The first-order chi connectivity index (χ1) is 30.5. The van der Waals surface area contributed by atoms with Crippen molar-refractivity contribution in [2.24, 2.45) is 0 Å². The van der Waals surface area contributed by atoms with Gasteiger partial charge in [0.15, 0.2) is 0 Å². The average molecular weight is 920 g/mol. The minimum atomic E-state index is 0. The summed E-state index contributed by atoms with van der Waals surface area (Å²) in [5.41, 5.74) is 12.7. The van der Waals surface area contributed by atoms with E-state index >= 15 is 0 Å². The molecule has 0 fully saturated rings. The van der Waals surface area contributed by atoms with E-state index in [4.69, 9.17) is 0 Å². The normalized spacial score (nSPS) is 10.9. The van der Waals surface area contributed by atoms with Crippen LogP contribution in [0.3, 0.4) is 0 Å². The van der Waals surface area contributed by atoms with Crippen molar-refractivity contribution in [2.75, 3.05) is 23.7 Å². The van der Waals surface area contributed by atoms with Crippen molar-refractivity contribution >= 4 is 35.2 Å². The first kappa shape index (κ1) is 50.7. The van der Waals surface area contributed by atoms with Crippen molar-refractivity contribution in [3.8, 4) is 22.8 Å². The monoisotopic (exact) mass is 920 g/mol. The molecule has 0 bridgehead atoms. The number of anilines is 2. The van der Waals surface area contributed by atoms with E-state index in [0.717, 1.165) is 76.1 Å². The number of pyridine rings is 5. The molecule has 2 aromatic carbocycles. The van der Waals surface area contributed by atoms with E-state index in [-0.39, 0.29) is 19.5 Å². The molecule has 7 rings (SSSR count). The van der Waals surface area contributed by atoms with Gasteiger partial charge in [-0.15, -0.1) is 0 Å². The zero-order chi connectivity index (χ0) is 44.0. The molecule has 8 heteroatoms. The minimum Gasteiger partial charge on any atom is -0.385 e. The largest absolute Gasteiger partial charge is 1.00 e. The third kappa shape index (κ3) is 19.3. The number of unbranched alkanes of at least 4 members (excludes halogenated alkanes) is 1. The van der Waals surface area contributed by atoms with E-state index in [0.29, 0.717) is 0 Å². The number of nitrogens with one attached hydrogen (secondary N) is 2. The van der Waals surface area contributed by atoms with Crippen LogP contribution in [0.1, 0.15) is 69.8 Å². The Labute approximate surface area is 389 Å². The molecule has 1 radical (unpaired) electrons. The molecule has 0 unspecified atom stereocenters. The Morgan fingerprint density at radius 3 is 1.30 bits per heavy atom. The van der Waals surface area contributed by atoms with Crippen molar-refractivity contribution in [1.29, 1.82) is 0 Å². The van der Waals surface area contributed by atoms with Crippen LogP contribution in [0.5, 0.6) is 0 Å². The summed E-state index contributed by atoms with van der Waals surface area (Å²) in [6.07, 6.45) is 24.1.